The average molecular weight is 354 g/mol. The molecule has 0 spiro atoms. The zero-order valence-corrected chi connectivity index (χ0v) is 14.8. The van der Waals surface area contributed by atoms with Gasteiger partial charge in [-0.1, -0.05) is 54.6 Å². The molecule has 5 rings (SSSR count). The number of aromatic hydroxyl groups is 1. The summed E-state index contributed by atoms with van der Waals surface area (Å²) in [5.74, 6) is 0.265. The highest BCUT2D eigenvalue weighted by molar-refractivity contribution is 5.80. The van der Waals surface area contributed by atoms with Gasteiger partial charge in [-0.3, -0.25) is 0 Å². The molecule has 0 fully saturated rings. The van der Waals surface area contributed by atoms with E-state index in [-0.39, 0.29) is 5.75 Å². The molecule has 0 radical (unpaired) electrons. The van der Waals surface area contributed by atoms with Gasteiger partial charge in [0.2, 0.25) is 0 Å². The molecule has 0 aliphatic carbocycles. The highest BCUT2D eigenvalue weighted by atomic mass is 16.3. The summed E-state index contributed by atoms with van der Waals surface area (Å²) in [6, 6.07) is 21.9. The number of fused-ring (bicyclic) bond motifs is 2. The molecule has 132 valence electrons. The average Bonchev–Trinajstić information content (AvgIpc) is 3.31. The Hall–Kier alpha value is -3.60. The standard InChI is InChI=1S/C22H18N4O/c1-15-7-6-10-18(21(15)27)22(25-19-11-4-2-8-16(19)13-23-25)26-20-12-5-3-9-17(20)14-24-26/h2-14,22,27H,1H3. The van der Waals surface area contributed by atoms with Crippen LogP contribution in [0.5, 0.6) is 5.75 Å². The third-order valence-corrected chi connectivity index (χ3v) is 5.02. The van der Waals surface area contributed by atoms with Gasteiger partial charge in [0.1, 0.15) is 5.75 Å². The Morgan fingerprint density at radius 2 is 1.30 bits per heavy atom. The van der Waals surface area contributed by atoms with E-state index in [0.717, 1.165) is 32.9 Å². The maximum absolute atomic E-state index is 10.8. The van der Waals surface area contributed by atoms with E-state index in [1.807, 2.05) is 95.4 Å². The fourth-order valence-electron chi connectivity index (χ4n) is 3.63. The molecule has 0 atom stereocenters. The Balaban J connectivity index is 1.84. The number of rotatable bonds is 3. The molecule has 0 saturated carbocycles. The van der Waals surface area contributed by atoms with Crippen LogP contribution < -0.4 is 0 Å². The normalized spacial score (nSPS) is 11.6. The Bertz CT molecular complexity index is 1190. The number of hydrogen-bond donors (Lipinski definition) is 1. The third-order valence-electron chi connectivity index (χ3n) is 5.02. The van der Waals surface area contributed by atoms with Gasteiger partial charge < -0.3 is 5.11 Å². The van der Waals surface area contributed by atoms with E-state index >= 15 is 0 Å². The molecule has 5 aromatic rings. The first-order valence-corrected chi connectivity index (χ1v) is 8.87. The highest BCUT2D eigenvalue weighted by Gasteiger charge is 2.24. The van der Waals surface area contributed by atoms with Crippen molar-refractivity contribution in [3.8, 4) is 5.75 Å². The quantitative estimate of drug-likeness (QED) is 0.519. The lowest BCUT2D eigenvalue weighted by atomic mass is 10.1. The molecule has 0 aliphatic rings. The van der Waals surface area contributed by atoms with Crippen molar-refractivity contribution in [2.24, 2.45) is 0 Å². The van der Waals surface area contributed by atoms with E-state index in [1.54, 1.807) is 0 Å². The first-order chi connectivity index (χ1) is 13.2. The predicted molar refractivity (Wildman–Crippen MR) is 106 cm³/mol. The van der Waals surface area contributed by atoms with E-state index in [9.17, 15) is 5.11 Å². The topological polar surface area (TPSA) is 55.9 Å². The molecular formula is C22H18N4O. The van der Waals surface area contributed by atoms with Gasteiger partial charge in [-0.15, -0.1) is 0 Å². The van der Waals surface area contributed by atoms with Gasteiger partial charge in [-0.2, -0.15) is 10.2 Å². The van der Waals surface area contributed by atoms with Crippen LogP contribution in [0.25, 0.3) is 21.8 Å². The number of hydrogen-bond acceptors (Lipinski definition) is 3. The summed E-state index contributed by atoms with van der Waals surface area (Å²) < 4.78 is 3.84. The van der Waals surface area contributed by atoms with Gasteiger partial charge >= 0.3 is 0 Å². The Morgan fingerprint density at radius 3 is 1.89 bits per heavy atom. The van der Waals surface area contributed by atoms with E-state index in [0.29, 0.717) is 0 Å². The second-order valence-electron chi connectivity index (χ2n) is 6.68. The van der Waals surface area contributed by atoms with Gasteiger partial charge in [-0.05, 0) is 24.6 Å². The van der Waals surface area contributed by atoms with Crippen molar-refractivity contribution < 1.29 is 5.11 Å². The van der Waals surface area contributed by atoms with Crippen molar-refractivity contribution in [3.05, 3.63) is 90.3 Å². The van der Waals surface area contributed by atoms with Crippen LogP contribution in [-0.4, -0.2) is 24.7 Å². The summed E-state index contributed by atoms with van der Waals surface area (Å²) in [5, 5.41) is 22.2. The molecule has 0 saturated heterocycles. The van der Waals surface area contributed by atoms with Gasteiger partial charge in [0.05, 0.1) is 23.4 Å². The fraction of sp³-hybridized carbons (Fsp3) is 0.0909. The summed E-state index contributed by atoms with van der Waals surface area (Å²) in [5.41, 5.74) is 3.56. The van der Waals surface area contributed by atoms with Gasteiger partial charge in [0.25, 0.3) is 0 Å². The molecule has 2 aromatic heterocycles. The van der Waals surface area contributed by atoms with Gasteiger partial charge in [-0.25, -0.2) is 9.36 Å². The van der Waals surface area contributed by atoms with Crippen molar-refractivity contribution >= 4 is 21.8 Å². The number of phenols is 1. The molecule has 5 nitrogen and oxygen atoms in total. The number of aryl methyl sites for hydroxylation is 1. The minimum absolute atomic E-state index is 0.265. The number of phenolic OH excluding ortho intramolecular Hbond substituents is 1. The Labute approximate surface area is 156 Å². The van der Waals surface area contributed by atoms with Crippen LogP contribution in [-0.2, 0) is 0 Å². The van der Waals surface area contributed by atoms with Crippen molar-refractivity contribution in [1.82, 2.24) is 19.6 Å². The van der Waals surface area contributed by atoms with Crippen LogP contribution in [0.15, 0.2) is 79.1 Å². The first-order valence-electron chi connectivity index (χ1n) is 8.87. The lowest BCUT2D eigenvalue weighted by molar-refractivity contribution is 0.405. The summed E-state index contributed by atoms with van der Waals surface area (Å²) in [4.78, 5) is 0. The van der Waals surface area contributed by atoms with Crippen LogP contribution in [0.1, 0.15) is 17.3 Å². The smallest absolute Gasteiger partial charge is 0.173 e. The second kappa shape index (κ2) is 5.99. The van der Waals surface area contributed by atoms with Crippen LogP contribution in [0.2, 0.25) is 0 Å². The van der Waals surface area contributed by atoms with E-state index in [1.165, 1.54) is 0 Å². The molecule has 0 amide bonds. The van der Waals surface area contributed by atoms with Crippen LogP contribution in [0.4, 0.5) is 0 Å². The molecule has 3 aromatic carbocycles. The van der Waals surface area contributed by atoms with Crippen molar-refractivity contribution in [2.75, 3.05) is 0 Å². The van der Waals surface area contributed by atoms with E-state index in [2.05, 4.69) is 10.2 Å². The molecule has 5 heteroatoms. The van der Waals surface area contributed by atoms with Gasteiger partial charge in [0, 0.05) is 16.3 Å². The molecule has 0 aliphatic heterocycles. The summed E-state index contributed by atoms with van der Waals surface area (Å²) in [7, 11) is 0. The second-order valence-corrected chi connectivity index (χ2v) is 6.68. The maximum Gasteiger partial charge on any atom is 0.173 e. The lowest BCUT2D eigenvalue weighted by Crippen LogP contribution is -2.22. The number of para-hydroxylation sites is 3. The Morgan fingerprint density at radius 1 is 0.741 bits per heavy atom. The SMILES string of the molecule is Cc1cccc(C(n2ncc3ccccc32)n2ncc3ccccc32)c1O. The monoisotopic (exact) mass is 354 g/mol. The molecule has 0 bridgehead atoms. The molecule has 1 N–H and O–H groups in total. The van der Waals surface area contributed by atoms with Crippen LogP contribution in [0.3, 0.4) is 0 Å². The predicted octanol–water partition coefficient (Wildman–Crippen LogP) is 4.50. The molecule has 2 heterocycles. The fourth-order valence-corrected chi connectivity index (χ4v) is 3.63. The Kier molecular flexibility index (Phi) is 3.47. The maximum atomic E-state index is 10.8. The summed E-state index contributed by atoms with van der Waals surface area (Å²) >= 11 is 0. The van der Waals surface area contributed by atoms with Crippen LogP contribution in [0, 0.1) is 6.92 Å². The summed E-state index contributed by atoms with van der Waals surface area (Å²) in [6.07, 6.45) is 3.30. The van der Waals surface area contributed by atoms with Crippen LogP contribution >= 0.6 is 0 Å². The molecule has 0 unspecified atom stereocenters. The zero-order valence-electron chi connectivity index (χ0n) is 14.8. The minimum Gasteiger partial charge on any atom is -0.507 e. The third kappa shape index (κ3) is 2.39. The number of nitrogens with zero attached hydrogens (tertiary/aromatic N) is 4. The first kappa shape index (κ1) is 15.6. The lowest BCUT2D eigenvalue weighted by Gasteiger charge is -2.22. The van der Waals surface area contributed by atoms with Gasteiger partial charge in [0.15, 0.2) is 6.17 Å². The molecule has 27 heavy (non-hydrogen) atoms. The number of aromatic nitrogens is 4. The molecular weight excluding hydrogens is 336 g/mol. The number of benzene rings is 3. The van der Waals surface area contributed by atoms with E-state index in [4.69, 9.17) is 0 Å². The van der Waals surface area contributed by atoms with Crippen molar-refractivity contribution in [2.45, 2.75) is 13.1 Å². The minimum atomic E-state index is -0.398. The van der Waals surface area contributed by atoms with Crippen molar-refractivity contribution in [1.29, 1.82) is 0 Å². The highest BCUT2D eigenvalue weighted by Crippen LogP contribution is 2.34. The van der Waals surface area contributed by atoms with Crippen molar-refractivity contribution in [3.63, 3.8) is 0 Å². The zero-order chi connectivity index (χ0) is 18.4. The summed E-state index contributed by atoms with van der Waals surface area (Å²) in [6.45, 7) is 1.90. The van der Waals surface area contributed by atoms with E-state index < -0.39 is 6.17 Å². The largest absolute Gasteiger partial charge is 0.507 e.